The van der Waals surface area contributed by atoms with E-state index < -0.39 is 6.04 Å². The predicted molar refractivity (Wildman–Crippen MR) is 61.0 cm³/mol. The molecule has 0 aliphatic carbocycles. The van der Waals surface area contributed by atoms with Crippen molar-refractivity contribution < 1.29 is 9.59 Å². The van der Waals surface area contributed by atoms with Crippen molar-refractivity contribution >= 4 is 23.3 Å². The van der Waals surface area contributed by atoms with Crippen LogP contribution in [0.1, 0.15) is 6.92 Å². The number of carbonyl (C=O) groups excluding carboxylic acids is 2. The first kappa shape index (κ1) is 10.5. The van der Waals surface area contributed by atoms with Crippen LogP contribution in [0.25, 0.3) is 0 Å². The lowest BCUT2D eigenvalue weighted by molar-refractivity contribution is -0.119. The second-order valence-corrected chi connectivity index (χ2v) is 3.83. The molecule has 3 amide bonds. The van der Waals surface area contributed by atoms with Crippen LogP contribution in [0.15, 0.2) is 24.3 Å². The highest BCUT2D eigenvalue weighted by Crippen LogP contribution is 2.24. The van der Waals surface area contributed by atoms with Crippen LogP contribution in [0.2, 0.25) is 0 Å². The summed E-state index contributed by atoms with van der Waals surface area (Å²) in [4.78, 5) is 26.2. The third-order valence-corrected chi connectivity index (χ3v) is 2.80. The van der Waals surface area contributed by atoms with Crippen LogP contribution in [0.4, 0.5) is 16.2 Å². The lowest BCUT2D eigenvalue weighted by atomic mass is 10.2. The number of imide groups is 1. The van der Waals surface area contributed by atoms with E-state index in [1.807, 2.05) is 0 Å². The van der Waals surface area contributed by atoms with E-state index >= 15 is 0 Å². The normalized spacial score (nSPS) is 20.8. The van der Waals surface area contributed by atoms with E-state index in [4.69, 9.17) is 5.73 Å². The van der Waals surface area contributed by atoms with E-state index in [0.29, 0.717) is 11.4 Å². The molecular formula is C11H13N3O2. The number of nitrogens with two attached hydrogens (primary N) is 1. The molecule has 1 aliphatic heterocycles. The molecule has 1 heterocycles. The van der Waals surface area contributed by atoms with Gasteiger partial charge in [-0.25, -0.2) is 9.69 Å². The van der Waals surface area contributed by atoms with Gasteiger partial charge in [-0.15, -0.1) is 0 Å². The molecule has 16 heavy (non-hydrogen) atoms. The Bertz CT molecular complexity index is 421. The number of hydrogen-bond donors (Lipinski definition) is 1. The predicted octanol–water partition coefficient (Wildman–Crippen LogP) is 1.06. The Morgan fingerprint density at radius 3 is 2.19 bits per heavy atom. The largest absolute Gasteiger partial charge is 0.399 e. The summed E-state index contributed by atoms with van der Waals surface area (Å²) in [5.74, 6) is -0.211. The molecule has 0 saturated carbocycles. The molecule has 5 heteroatoms. The molecule has 84 valence electrons. The molecule has 0 bridgehead atoms. The van der Waals surface area contributed by atoms with Crippen molar-refractivity contribution in [2.24, 2.45) is 0 Å². The van der Waals surface area contributed by atoms with Crippen molar-refractivity contribution in [3.63, 3.8) is 0 Å². The van der Waals surface area contributed by atoms with Gasteiger partial charge in [-0.05, 0) is 31.2 Å². The van der Waals surface area contributed by atoms with Gasteiger partial charge in [0, 0.05) is 12.7 Å². The number of rotatable bonds is 1. The number of nitrogen functional groups attached to an aromatic ring is 1. The topological polar surface area (TPSA) is 66.6 Å². The zero-order valence-electron chi connectivity index (χ0n) is 9.18. The summed E-state index contributed by atoms with van der Waals surface area (Å²) in [5, 5.41) is 0. The van der Waals surface area contributed by atoms with Gasteiger partial charge >= 0.3 is 6.03 Å². The average Bonchev–Trinajstić information content (AvgIpc) is 2.46. The minimum atomic E-state index is -0.412. The zero-order valence-corrected chi connectivity index (χ0v) is 9.18. The molecule has 0 radical (unpaired) electrons. The standard InChI is InChI=1S/C11H13N3O2/c1-7-10(15)14(11(16)13(7)2)9-5-3-8(12)4-6-9/h3-7H,12H2,1-2H3. The summed E-state index contributed by atoms with van der Waals surface area (Å²) in [6.07, 6.45) is 0. The van der Waals surface area contributed by atoms with Gasteiger partial charge in [-0.1, -0.05) is 0 Å². The van der Waals surface area contributed by atoms with Crippen LogP contribution in [-0.4, -0.2) is 29.9 Å². The first-order valence-corrected chi connectivity index (χ1v) is 4.98. The van der Waals surface area contributed by atoms with Crippen LogP contribution in [0, 0.1) is 0 Å². The Morgan fingerprint density at radius 2 is 1.75 bits per heavy atom. The number of hydrogen-bond acceptors (Lipinski definition) is 3. The van der Waals surface area contributed by atoms with Crippen molar-refractivity contribution in [1.29, 1.82) is 0 Å². The summed E-state index contributed by atoms with van der Waals surface area (Å²) >= 11 is 0. The summed E-state index contributed by atoms with van der Waals surface area (Å²) in [6, 6.07) is 5.94. The van der Waals surface area contributed by atoms with Crippen LogP contribution < -0.4 is 10.6 Å². The van der Waals surface area contributed by atoms with E-state index in [9.17, 15) is 9.59 Å². The Hall–Kier alpha value is -2.04. The van der Waals surface area contributed by atoms with Crippen LogP contribution in [0.3, 0.4) is 0 Å². The molecule has 0 spiro atoms. The zero-order chi connectivity index (χ0) is 11.9. The maximum Gasteiger partial charge on any atom is 0.331 e. The van der Waals surface area contributed by atoms with E-state index in [1.165, 1.54) is 9.80 Å². The highest BCUT2D eigenvalue weighted by molar-refractivity contribution is 6.21. The Kier molecular flexibility index (Phi) is 2.30. The molecule has 1 aliphatic rings. The molecule has 2 N–H and O–H groups in total. The van der Waals surface area contributed by atoms with Gasteiger partial charge in [0.25, 0.3) is 5.91 Å². The molecule has 2 rings (SSSR count). The monoisotopic (exact) mass is 219 g/mol. The summed E-state index contributed by atoms with van der Waals surface area (Å²) in [6.45, 7) is 1.71. The molecule has 1 aromatic rings. The van der Waals surface area contributed by atoms with E-state index in [2.05, 4.69) is 0 Å². The van der Waals surface area contributed by atoms with Crippen molar-refractivity contribution in [2.75, 3.05) is 17.7 Å². The number of likely N-dealkylation sites (N-methyl/N-ethyl adjacent to an activating group) is 1. The van der Waals surface area contributed by atoms with Crippen molar-refractivity contribution in [2.45, 2.75) is 13.0 Å². The summed E-state index contributed by atoms with van der Waals surface area (Å²) in [7, 11) is 1.61. The maximum absolute atomic E-state index is 11.8. The Morgan fingerprint density at radius 1 is 1.19 bits per heavy atom. The third-order valence-electron chi connectivity index (χ3n) is 2.80. The number of benzene rings is 1. The number of urea groups is 1. The molecule has 1 atom stereocenters. The molecule has 1 fully saturated rings. The fourth-order valence-electron chi connectivity index (χ4n) is 1.63. The summed E-state index contributed by atoms with van der Waals surface area (Å²) in [5.41, 5.74) is 6.71. The van der Waals surface area contributed by atoms with Gasteiger partial charge < -0.3 is 10.6 Å². The highest BCUT2D eigenvalue weighted by Gasteiger charge is 2.40. The Labute approximate surface area is 93.4 Å². The van der Waals surface area contributed by atoms with Gasteiger partial charge in [-0.2, -0.15) is 0 Å². The summed E-state index contributed by atoms with van der Waals surface area (Å²) < 4.78 is 0. The smallest absolute Gasteiger partial charge is 0.331 e. The second kappa shape index (κ2) is 3.52. The highest BCUT2D eigenvalue weighted by atomic mass is 16.2. The average molecular weight is 219 g/mol. The maximum atomic E-state index is 11.8. The van der Waals surface area contributed by atoms with Crippen molar-refractivity contribution in [3.05, 3.63) is 24.3 Å². The fourth-order valence-corrected chi connectivity index (χ4v) is 1.63. The van der Waals surface area contributed by atoms with Crippen LogP contribution in [-0.2, 0) is 4.79 Å². The minimum Gasteiger partial charge on any atom is -0.399 e. The van der Waals surface area contributed by atoms with E-state index in [0.717, 1.165) is 0 Å². The first-order chi connectivity index (χ1) is 7.52. The Balaban J connectivity index is 2.38. The van der Waals surface area contributed by atoms with Gasteiger partial charge in [-0.3, -0.25) is 4.79 Å². The lowest BCUT2D eigenvalue weighted by Crippen LogP contribution is -2.31. The van der Waals surface area contributed by atoms with Gasteiger partial charge in [0.1, 0.15) is 6.04 Å². The van der Waals surface area contributed by atoms with Crippen molar-refractivity contribution in [1.82, 2.24) is 4.90 Å². The SMILES string of the molecule is CC1C(=O)N(c2ccc(N)cc2)C(=O)N1C. The van der Waals surface area contributed by atoms with Gasteiger partial charge in [0.15, 0.2) is 0 Å². The van der Waals surface area contributed by atoms with Crippen LogP contribution >= 0.6 is 0 Å². The molecule has 1 unspecified atom stereocenters. The fraction of sp³-hybridized carbons (Fsp3) is 0.273. The molecular weight excluding hydrogens is 206 g/mol. The quantitative estimate of drug-likeness (QED) is 0.567. The number of anilines is 2. The molecule has 1 aromatic carbocycles. The molecule has 0 aromatic heterocycles. The van der Waals surface area contributed by atoms with Crippen molar-refractivity contribution in [3.8, 4) is 0 Å². The number of nitrogens with zero attached hydrogens (tertiary/aromatic N) is 2. The minimum absolute atomic E-state index is 0.211. The van der Waals surface area contributed by atoms with Gasteiger partial charge in [0.05, 0.1) is 5.69 Å². The third kappa shape index (κ3) is 1.41. The number of carbonyl (C=O) groups is 2. The van der Waals surface area contributed by atoms with E-state index in [1.54, 1.807) is 38.2 Å². The second-order valence-electron chi connectivity index (χ2n) is 3.83. The molecule has 1 saturated heterocycles. The molecule has 5 nitrogen and oxygen atoms in total. The van der Waals surface area contributed by atoms with Crippen LogP contribution in [0.5, 0.6) is 0 Å². The van der Waals surface area contributed by atoms with E-state index in [-0.39, 0.29) is 11.9 Å². The number of amides is 3. The first-order valence-electron chi connectivity index (χ1n) is 4.98. The van der Waals surface area contributed by atoms with Gasteiger partial charge in [0.2, 0.25) is 0 Å². The lowest BCUT2D eigenvalue weighted by Gasteiger charge is -2.13.